The quantitative estimate of drug-likeness (QED) is 0.0400. The van der Waals surface area contributed by atoms with E-state index in [1.165, 1.54) is 141 Å². The van der Waals surface area contributed by atoms with Gasteiger partial charge in [0, 0.05) is 13.0 Å². The first-order chi connectivity index (χ1) is 23.7. The summed E-state index contributed by atoms with van der Waals surface area (Å²) in [5.41, 5.74) is 0. The van der Waals surface area contributed by atoms with Crippen molar-refractivity contribution in [2.24, 2.45) is 0 Å². The Morgan fingerprint density at radius 2 is 0.938 bits per heavy atom. The van der Waals surface area contributed by atoms with Crippen molar-refractivity contribution in [1.82, 2.24) is 0 Å². The third-order valence-electron chi connectivity index (χ3n) is 9.23. The van der Waals surface area contributed by atoms with Crippen LogP contribution in [0.2, 0.25) is 0 Å². The molecule has 0 aliphatic carbocycles. The Morgan fingerprint density at radius 1 is 0.521 bits per heavy atom. The molecule has 0 aliphatic heterocycles. The Balaban J connectivity index is 3.38. The third-order valence-corrected chi connectivity index (χ3v) is 9.23. The Labute approximate surface area is 300 Å². The molecule has 0 saturated heterocycles. The fraction of sp³-hybridized carbons (Fsp3) is 0.841. The highest BCUT2D eigenvalue weighted by atomic mass is 16.6. The second-order valence-electron chi connectivity index (χ2n) is 14.0. The number of carbonyl (C=O) groups is 1. The van der Waals surface area contributed by atoms with Crippen LogP contribution >= 0.6 is 0 Å². The van der Waals surface area contributed by atoms with Gasteiger partial charge in [-0.3, -0.25) is 4.79 Å². The van der Waals surface area contributed by atoms with Gasteiger partial charge in [0.1, 0.15) is 6.10 Å². The van der Waals surface area contributed by atoms with Crippen molar-refractivity contribution in [3.8, 4) is 0 Å². The highest BCUT2D eigenvalue weighted by Gasteiger charge is 2.13. The molecule has 1 atom stereocenters. The molecule has 0 aromatic heterocycles. The van der Waals surface area contributed by atoms with Crippen LogP contribution in [0.3, 0.4) is 0 Å². The van der Waals surface area contributed by atoms with E-state index in [4.69, 9.17) is 9.47 Å². The molecule has 0 radical (unpaired) electrons. The summed E-state index contributed by atoms with van der Waals surface area (Å²) in [7, 11) is 0. The molecule has 1 unspecified atom stereocenters. The number of esters is 1. The normalized spacial score (nSPS) is 12.6. The Kier molecular flexibility index (Phi) is 40.6. The number of unbranched alkanes of at least 4 members (excludes halogenated alkanes) is 25. The van der Waals surface area contributed by atoms with Crippen molar-refractivity contribution in [3.63, 3.8) is 0 Å². The van der Waals surface area contributed by atoms with Crippen LogP contribution in [0.15, 0.2) is 36.5 Å². The third kappa shape index (κ3) is 39.1. The molecule has 282 valence electrons. The second-order valence-corrected chi connectivity index (χ2v) is 14.0. The number of allylic oxidation sites excluding steroid dienone is 6. The highest BCUT2D eigenvalue weighted by molar-refractivity contribution is 5.69. The van der Waals surface area contributed by atoms with E-state index >= 15 is 0 Å². The molecule has 0 fully saturated rings. The maximum Gasteiger partial charge on any atom is 0.306 e. The zero-order valence-corrected chi connectivity index (χ0v) is 32.3. The van der Waals surface area contributed by atoms with Crippen LogP contribution in [-0.2, 0) is 14.3 Å². The second kappa shape index (κ2) is 41.8. The van der Waals surface area contributed by atoms with E-state index in [2.05, 4.69) is 50.3 Å². The summed E-state index contributed by atoms with van der Waals surface area (Å²) in [5, 5.41) is 9.57. The van der Waals surface area contributed by atoms with E-state index in [9.17, 15) is 9.90 Å². The monoisotopic (exact) mass is 675 g/mol. The summed E-state index contributed by atoms with van der Waals surface area (Å²) in [6, 6.07) is 0. The Bertz CT molecular complexity index is 713. The van der Waals surface area contributed by atoms with Crippen LogP contribution in [-0.4, -0.2) is 37.0 Å². The van der Waals surface area contributed by atoms with E-state index < -0.39 is 6.10 Å². The largest absolute Gasteiger partial charge is 0.457 e. The molecule has 0 rings (SSSR count). The van der Waals surface area contributed by atoms with E-state index in [0.717, 1.165) is 51.4 Å². The molecule has 0 saturated carbocycles. The van der Waals surface area contributed by atoms with Gasteiger partial charge in [-0.1, -0.05) is 198 Å². The Hall–Kier alpha value is -1.39. The lowest BCUT2D eigenvalue weighted by atomic mass is 10.0. The molecule has 4 nitrogen and oxygen atoms in total. The molecule has 0 spiro atoms. The first kappa shape index (κ1) is 46.6. The standard InChI is InChI=1S/C44H82O4/c1-3-5-7-9-11-13-15-17-18-19-20-21-22-23-24-25-26-28-30-32-34-36-38-40-47-42-43(41-45)48-44(46)39-37-35-33-31-29-27-16-14-12-10-8-6-4-2/h6,8,12,14,27,29,43,45H,3-5,7,9-11,13,15-26,28,30-42H2,1-2H3/b8-6-,14-12-,29-27-. The first-order valence-corrected chi connectivity index (χ1v) is 21.1. The summed E-state index contributed by atoms with van der Waals surface area (Å²) in [4.78, 5) is 12.1. The Morgan fingerprint density at radius 3 is 1.40 bits per heavy atom. The van der Waals surface area contributed by atoms with E-state index in [0.29, 0.717) is 13.0 Å². The molecule has 0 heterocycles. The van der Waals surface area contributed by atoms with Crippen LogP contribution in [0.4, 0.5) is 0 Å². The van der Waals surface area contributed by atoms with Gasteiger partial charge in [0.25, 0.3) is 0 Å². The van der Waals surface area contributed by atoms with Crippen molar-refractivity contribution < 1.29 is 19.4 Å². The van der Waals surface area contributed by atoms with E-state index in [1.54, 1.807) is 0 Å². The molecule has 1 N–H and O–H groups in total. The fourth-order valence-electron chi connectivity index (χ4n) is 6.11. The van der Waals surface area contributed by atoms with Crippen molar-refractivity contribution >= 4 is 5.97 Å². The maximum atomic E-state index is 12.1. The summed E-state index contributed by atoms with van der Waals surface area (Å²) < 4.78 is 11.1. The number of hydrogen-bond donors (Lipinski definition) is 1. The zero-order valence-electron chi connectivity index (χ0n) is 32.3. The van der Waals surface area contributed by atoms with Gasteiger partial charge in [-0.05, 0) is 44.9 Å². The molecule has 0 bridgehead atoms. The minimum Gasteiger partial charge on any atom is -0.457 e. The lowest BCUT2D eigenvalue weighted by molar-refractivity contribution is -0.154. The first-order valence-electron chi connectivity index (χ1n) is 21.1. The van der Waals surface area contributed by atoms with E-state index in [-0.39, 0.29) is 19.2 Å². The van der Waals surface area contributed by atoms with Crippen LogP contribution in [0.25, 0.3) is 0 Å². The molecule has 0 amide bonds. The predicted molar refractivity (Wildman–Crippen MR) is 210 cm³/mol. The van der Waals surface area contributed by atoms with Gasteiger partial charge in [0.2, 0.25) is 0 Å². The summed E-state index contributed by atoms with van der Waals surface area (Å²) in [5.74, 6) is -0.227. The lowest BCUT2D eigenvalue weighted by Gasteiger charge is -2.15. The van der Waals surface area contributed by atoms with Gasteiger partial charge in [-0.25, -0.2) is 0 Å². The minimum atomic E-state index is -0.546. The number of hydrogen-bond acceptors (Lipinski definition) is 4. The topological polar surface area (TPSA) is 55.8 Å². The molecule has 0 aliphatic rings. The number of carbonyl (C=O) groups excluding carboxylic acids is 1. The molecular formula is C44H82O4. The van der Waals surface area contributed by atoms with Crippen LogP contribution < -0.4 is 0 Å². The van der Waals surface area contributed by atoms with Crippen molar-refractivity contribution in [2.75, 3.05) is 19.8 Å². The van der Waals surface area contributed by atoms with E-state index in [1.807, 2.05) is 0 Å². The highest BCUT2D eigenvalue weighted by Crippen LogP contribution is 2.15. The average molecular weight is 675 g/mol. The number of ether oxygens (including phenoxy) is 2. The fourth-order valence-corrected chi connectivity index (χ4v) is 6.11. The number of rotatable bonds is 39. The van der Waals surface area contributed by atoms with Crippen LogP contribution in [0.5, 0.6) is 0 Å². The molecule has 4 heteroatoms. The minimum absolute atomic E-state index is 0.181. The van der Waals surface area contributed by atoms with Gasteiger partial charge >= 0.3 is 5.97 Å². The van der Waals surface area contributed by atoms with Crippen molar-refractivity contribution in [2.45, 2.75) is 219 Å². The van der Waals surface area contributed by atoms with Crippen LogP contribution in [0, 0.1) is 0 Å². The van der Waals surface area contributed by atoms with Crippen molar-refractivity contribution in [1.29, 1.82) is 0 Å². The molecule has 0 aromatic carbocycles. The summed E-state index contributed by atoms with van der Waals surface area (Å²) in [6.07, 6.45) is 52.2. The number of aliphatic hydroxyl groups is 1. The van der Waals surface area contributed by atoms with Gasteiger partial charge in [0.05, 0.1) is 13.2 Å². The van der Waals surface area contributed by atoms with Gasteiger partial charge in [-0.15, -0.1) is 0 Å². The molecule has 0 aromatic rings. The molecule has 48 heavy (non-hydrogen) atoms. The SMILES string of the molecule is CC/C=C\C/C=C\C/C=C\CCCCCC(=O)OC(CO)COCCCCCCCCCCCCCCCCCCCCCCCCC. The molecular weight excluding hydrogens is 592 g/mol. The predicted octanol–water partition coefficient (Wildman–Crippen LogP) is 13.7. The smallest absolute Gasteiger partial charge is 0.306 e. The average Bonchev–Trinajstić information content (AvgIpc) is 3.09. The summed E-state index contributed by atoms with van der Waals surface area (Å²) >= 11 is 0. The van der Waals surface area contributed by atoms with Gasteiger partial charge in [0.15, 0.2) is 0 Å². The number of aliphatic hydroxyl groups excluding tert-OH is 1. The summed E-state index contributed by atoms with van der Waals surface area (Å²) in [6.45, 7) is 5.23. The van der Waals surface area contributed by atoms with Crippen LogP contribution in [0.1, 0.15) is 213 Å². The lowest BCUT2D eigenvalue weighted by Crippen LogP contribution is -2.27. The van der Waals surface area contributed by atoms with Gasteiger partial charge < -0.3 is 14.6 Å². The zero-order chi connectivity index (χ0) is 34.9. The maximum absolute atomic E-state index is 12.1. The van der Waals surface area contributed by atoms with Crippen molar-refractivity contribution in [3.05, 3.63) is 36.5 Å². The van der Waals surface area contributed by atoms with Gasteiger partial charge in [-0.2, -0.15) is 0 Å².